The molecule has 0 aliphatic carbocycles. The number of rotatable bonds is 3. The standard InChI is InChI=1S/C26H23N3O/c30-26(21-13-14-23-20(17-21)9-5-15-27-23)29-16-6-10-22(18-29)25-12-4-11-24(28-25)19-7-2-1-3-8-19/h1-5,7-9,11-15,17,22H,6,10,16,18H2. The second-order valence-corrected chi connectivity index (χ2v) is 7.81. The Morgan fingerprint density at radius 3 is 2.73 bits per heavy atom. The number of pyridine rings is 2. The average molecular weight is 393 g/mol. The summed E-state index contributed by atoms with van der Waals surface area (Å²) in [6.07, 6.45) is 3.81. The topological polar surface area (TPSA) is 46.1 Å². The van der Waals surface area contributed by atoms with Crippen LogP contribution in [0.4, 0.5) is 0 Å². The highest BCUT2D eigenvalue weighted by atomic mass is 16.2. The van der Waals surface area contributed by atoms with Gasteiger partial charge in [0.2, 0.25) is 0 Å². The molecule has 2 aromatic heterocycles. The maximum Gasteiger partial charge on any atom is 0.253 e. The predicted octanol–water partition coefficient (Wildman–Crippen LogP) is 5.32. The Balaban J connectivity index is 1.37. The molecule has 148 valence electrons. The summed E-state index contributed by atoms with van der Waals surface area (Å²) in [5, 5.41) is 0.995. The van der Waals surface area contributed by atoms with Gasteiger partial charge >= 0.3 is 0 Å². The summed E-state index contributed by atoms with van der Waals surface area (Å²) in [5.41, 5.74) is 4.80. The van der Waals surface area contributed by atoms with Crippen LogP contribution in [0.15, 0.2) is 85.1 Å². The molecular weight excluding hydrogens is 370 g/mol. The summed E-state index contributed by atoms with van der Waals surface area (Å²) in [4.78, 5) is 24.4. The third-order valence-corrected chi connectivity index (χ3v) is 5.82. The summed E-state index contributed by atoms with van der Waals surface area (Å²) >= 11 is 0. The lowest BCUT2D eigenvalue weighted by Gasteiger charge is -2.32. The van der Waals surface area contributed by atoms with Gasteiger partial charge in [-0.15, -0.1) is 0 Å². The van der Waals surface area contributed by atoms with Crippen molar-refractivity contribution in [2.75, 3.05) is 13.1 Å². The van der Waals surface area contributed by atoms with E-state index in [0.29, 0.717) is 6.54 Å². The number of piperidine rings is 1. The third kappa shape index (κ3) is 3.69. The Bertz CT molecular complexity index is 1190. The molecule has 1 fully saturated rings. The largest absolute Gasteiger partial charge is 0.338 e. The normalized spacial score (nSPS) is 16.5. The van der Waals surface area contributed by atoms with E-state index >= 15 is 0 Å². The van der Waals surface area contributed by atoms with E-state index in [1.165, 1.54) is 0 Å². The molecule has 1 amide bonds. The summed E-state index contributed by atoms with van der Waals surface area (Å²) < 4.78 is 0. The van der Waals surface area contributed by atoms with E-state index in [4.69, 9.17) is 4.98 Å². The van der Waals surface area contributed by atoms with Crippen LogP contribution in [-0.4, -0.2) is 33.9 Å². The Kier molecular flexibility index (Phi) is 4.98. The van der Waals surface area contributed by atoms with E-state index in [0.717, 1.165) is 52.8 Å². The van der Waals surface area contributed by atoms with Crippen LogP contribution in [0.2, 0.25) is 0 Å². The number of nitrogens with zero attached hydrogens (tertiary/aromatic N) is 3. The zero-order valence-electron chi connectivity index (χ0n) is 16.7. The molecule has 4 nitrogen and oxygen atoms in total. The molecule has 3 heterocycles. The molecule has 0 radical (unpaired) electrons. The minimum absolute atomic E-state index is 0.0877. The first kappa shape index (κ1) is 18.5. The quantitative estimate of drug-likeness (QED) is 0.473. The highest BCUT2D eigenvalue weighted by Crippen LogP contribution is 2.28. The van der Waals surface area contributed by atoms with Gasteiger partial charge in [-0.05, 0) is 49.2 Å². The van der Waals surface area contributed by atoms with Crippen molar-refractivity contribution in [1.29, 1.82) is 0 Å². The third-order valence-electron chi connectivity index (χ3n) is 5.82. The molecule has 1 saturated heterocycles. The number of fused-ring (bicyclic) bond motifs is 1. The SMILES string of the molecule is O=C(c1ccc2ncccc2c1)N1CCCC(c2cccc(-c3ccccc3)n2)C1. The lowest BCUT2D eigenvalue weighted by Crippen LogP contribution is -2.39. The van der Waals surface area contributed by atoms with Crippen LogP contribution < -0.4 is 0 Å². The molecule has 0 bridgehead atoms. The minimum atomic E-state index is 0.0877. The molecule has 4 heteroatoms. The molecule has 30 heavy (non-hydrogen) atoms. The van der Waals surface area contributed by atoms with Crippen molar-refractivity contribution in [2.45, 2.75) is 18.8 Å². The minimum Gasteiger partial charge on any atom is -0.338 e. The van der Waals surface area contributed by atoms with Crippen molar-refractivity contribution in [3.05, 3.63) is 96.3 Å². The summed E-state index contributed by atoms with van der Waals surface area (Å²) in [5.74, 6) is 0.346. The number of hydrogen-bond acceptors (Lipinski definition) is 3. The van der Waals surface area contributed by atoms with Gasteiger partial charge in [0.15, 0.2) is 0 Å². The first-order chi connectivity index (χ1) is 14.8. The molecule has 0 saturated carbocycles. The van der Waals surface area contributed by atoms with Crippen molar-refractivity contribution >= 4 is 16.8 Å². The first-order valence-electron chi connectivity index (χ1n) is 10.4. The van der Waals surface area contributed by atoms with Crippen LogP contribution in [0.25, 0.3) is 22.2 Å². The van der Waals surface area contributed by atoms with Gasteiger partial charge in [0.1, 0.15) is 0 Å². The van der Waals surface area contributed by atoms with Crippen LogP contribution in [0.5, 0.6) is 0 Å². The molecule has 1 unspecified atom stereocenters. The molecular formula is C26H23N3O. The number of amides is 1. The molecule has 1 aliphatic rings. The summed E-state index contributed by atoms with van der Waals surface area (Å²) in [6.45, 7) is 1.49. The van der Waals surface area contributed by atoms with Gasteiger partial charge in [-0.2, -0.15) is 0 Å². The second-order valence-electron chi connectivity index (χ2n) is 7.81. The highest BCUT2D eigenvalue weighted by Gasteiger charge is 2.26. The van der Waals surface area contributed by atoms with Gasteiger partial charge in [0, 0.05) is 47.4 Å². The van der Waals surface area contributed by atoms with Crippen molar-refractivity contribution in [3.8, 4) is 11.3 Å². The summed E-state index contributed by atoms with van der Waals surface area (Å²) in [6, 6.07) is 26.1. The van der Waals surface area contributed by atoms with E-state index in [-0.39, 0.29) is 11.8 Å². The van der Waals surface area contributed by atoms with Crippen LogP contribution in [-0.2, 0) is 0 Å². The molecule has 0 N–H and O–H groups in total. The van der Waals surface area contributed by atoms with Gasteiger partial charge in [-0.1, -0.05) is 42.5 Å². The predicted molar refractivity (Wildman–Crippen MR) is 119 cm³/mol. The fraction of sp³-hybridized carbons (Fsp3) is 0.192. The fourth-order valence-electron chi connectivity index (χ4n) is 4.24. The monoisotopic (exact) mass is 393 g/mol. The molecule has 0 spiro atoms. The number of aromatic nitrogens is 2. The van der Waals surface area contributed by atoms with Crippen molar-refractivity contribution in [3.63, 3.8) is 0 Å². The smallest absolute Gasteiger partial charge is 0.253 e. The van der Waals surface area contributed by atoms with Crippen molar-refractivity contribution in [1.82, 2.24) is 14.9 Å². The number of benzene rings is 2. The molecule has 4 aromatic rings. The maximum absolute atomic E-state index is 13.2. The molecule has 2 aromatic carbocycles. The van der Waals surface area contributed by atoms with Gasteiger partial charge in [0.25, 0.3) is 5.91 Å². The zero-order valence-corrected chi connectivity index (χ0v) is 16.7. The number of likely N-dealkylation sites (tertiary alicyclic amines) is 1. The van der Waals surface area contributed by atoms with Crippen molar-refractivity contribution < 1.29 is 4.79 Å². The van der Waals surface area contributed by atoms with Crippen LogP contribution in [0.1, 0.15) is 34.8 Å². The molecule has 1 atom stereocenters. The number of carbonyl (C=O) groups is 1. The van der Waals surface area contributed by atoms with Gasteiger partial charge in [0.05, 0.1) is 11.2 Å². The lowest BCUT2D eigenvalue weighted by atomic mass is 9.93. The maximum atomic E-state index is 13.2. The Morgan fingerprint density at radius 2 is 1.83 bits per heavy atom. The van der Waals surface area contributed by atoms with Gasteiger partial charge in [-0.25, -0.2) is 0 Å². The van der Waals surface area contributed by atoms with E-state index in [1.54, 1.807) is 6.20 Å². The van der Waals surface area contributed by atoms with E-state index in [2.05, 4.69) is 29.2 Å². The Hall–Kier alpha value is -3.53. The Morgan fingerprint density at radius 1 is 0.933 bits per heavy atom. The average Bonchev–Trinajstić information content (AvgIpc) is 2.84. The van der Waals surface area contributed by atoms with Gasteiger partial charge in [-0.3, -0.25) is 14.8 Å². The lowest BCUT2D eigenvalue weighted by molar-refractivity contribution is 0.0706. The summed E-state index contributed by atoms with van der Waals surface area (Å²) in [7, 11) is 0. The highest BCUT2D eigenvalue weighted by molar-refractivity contribution is 5.98. The van der Waals surface area contributed by atoms with Crippen LogP contribution in [0.3, 0.4) is 0 Å². The molecule has 5 rings (SSSR count). The van der Waals surface area contributed by atoms with E-state index in [9.17, 15) is 4.79 Å². The van der Waals surface area contributed by atoms with Crippen molar-refractivity contribution in [2.24, 2.45) is 0 Å². The number of carbonyl (C=O) groups excluding carboxylic acids is 1. The number of hydrogen-bond donors (Lipinski definition) is 0. The Labute approximate surface area is 176 Å². The molecule has 1 aliphatic heterocycles. The van der Waals surface area contributed by atoms with Gasteiger partial charge < -0.3 is 4.90 Å². The van der Waals surface area contributed by atoms with E-state index < -0.39 is 0 Å². The fourth-order valence-corrected chi connectivity index (χ4v) is 4.24. The van der Waals surface area contributed by atoms with Crippen LogP contribution >= 0.6 is 0 Å². The van der Waals surface area contributed by atoms with E-state index in [1.807, 2.05) is 59.5 Å². The zero-order chi connectivity index (χ0) is 20.3. The van der Waals surface area contributed by atoms with Crippen LogP contribution in [0, 0.1) is 0 Å². The second kappa shape index (κ2) is 8.07. The first-order valence-corrected chi connectivity index (χ1v) is 10.4.